The first-order valence-electron chi connectivity index (χ1n) is 12.4. The average Bonchev–Trinajstić information content (AvgIpc) is 2.89. The second-order valence-electron chi connectivity index (χ2n) is 9.63. The van der Waals surface area contributed by atoms with Gasteiger partial charge in [-0.2, -0.15) is 0 Å². The number of aryl methyl sites for hydroxylation is 1. The van der Waals surface area contributed by atoms with Gasteiger partial charge in [-0.25, -0.2) is 12.8 Å². The maximum atomic E-state index is 13.8. The fourth-order valence-corrected chi connectivity index (χ4v) is 5.31. The Bertz CT molecular complexity index is 1350. The SMILES string of the molecule is Cc1cccc(CN(C(=O)CN(c2ccccc2)S(=O)(=O)c2ccc(F)cc2)C(C)C(=O)NCC(C)C)c1. The Morgan fingerprint density at radius 3 is 2.18 bits per heavy atom. The molecule has 38 heavy (non-hydrogen) atoms. The summed E-state index contributed by atoms with van der Waals surface area (Å²) in [5.41, 5.74) is 2.09. The van der Waals surface area contributed by atoms with Crippen molar-refractivity contribution < 1.29 is 22.4 Å². The molecule has 0 aliphatic heterocycles. The van der Waals surface area contributed by atoms with Crippen molar-refractivity contribution >= 4 is 27.5 Å². The highest BCUT2D eigenvalue weighted by atomic mass is 32.2. The quantitative estimate of drug-likeness (QED) is 0.388. The highest BCUT2D eigenvalue weighted by molar-refractivity contribution is 7.92. The van der Waals surface area contributed by atoms with Crippen LogP contribution in [0.25, 0.3) is 0 Å². The molecule has 7 nitrogen and oxygen atoms in total. The predicted molar refractivity (Wildman–Crippen MR) is 146 cm³/mol. The standard InChI is InChI=1S/C29H34FN3O4S/c1-21(2)18-31-29(35)23(4)32(19-24-10-8-9-22(3)17-24)28(34)20-33(26-11-6-5-7-12-26)38(36,37)27-15-13-25(30)14-16-27/h5-17,21,23H,18-20H2,1-4H3,(H,31,35). The van der Waals surface area contributed by atoms with Gasteiger partial charge in [0, 0.05) is 13.1 Å². The number of rotatable bonds is 11. The van der Waals surface area contributed by atoms with Crippen LogP contribution in [-0.2, 0) is 26.2 Å². The zero-order valence-electron chi connectivity index (χ0n) is 22.1. The molecular formula is C29H34FN3O4S. The van der Waals surface area contributed by atoms with Gasteiger partial charge in [-0.05, 0) is 61.7 Å². The van der Waals surface area contributed by atoms with Gasteiger partial charge < -0.3 is 10.2 Å². The van der Waals surface area contributed by atoms with Crippen LogP contribution in [0.15, 0.2) is 83.8 Å². The molecule has 0 heterocycles. The lowest BCUT2D eigenvalue weighted by atomic mass is 10.1. The van der Waals surface area contributed by atoms with Crippen molar-refractivity contribution in [1.82, 2.24) is 10.2 Å². The van der Waals surface area contributed by atoms with Gasteiger partial charge in [0.15, 0.2) is 0 Å². The number of sulfonamides is 1. The number of anilines is 1. The van der Waals surface area contributed by atoms with Gasteiger partial charge >= 0.3 is 0 Å². The summed E-state index contributed by atoms with van der Waals surface area (Å²) < 4.78 is 41.8. The van der Waals surface area contributed by atoms with Crippen molar-refractivity contribution in [3.63, 3.8) is 0 Å². The third kappa shape index (κ3) is 7.41. The largest absolute Gasteiger partial charge is 0.354 e. The van der Waals surface area contributed by atoms with E-state index in [2.05, 4.69) is 5.32 Å². The Morgan fingerprint density at radius 2 is 1.58 bits per heavy atom. The van der Waals surface area contributed by atoms with E-state index < -0.39 is 34.3 Å². The Kier molecular flexibility index (Phi) is 9.63. The average molecular weight is 540 g/mol. The highest BCUT2D eigenvalue weighted by Gasteiger charge is 2.32. The number of halogens is 1. The maximum Gasteiger partial charge on any atom is 0.264 e. The fourth-order valence-electron chi connectivity index (χ4n) is 3.90. The number of amides is 2. The molecule has 3 rings (SSSR count). The molecule has 0 fully saturated rings. The molecular weight excluding hydrogens is 505 g/mol. The molecule has 9 heteroatoms. The van der Waals surface area contributed by atoms with Crippen molar-refractivity contribution in [2.45, 2.75) is 45.2 Å². The van der Waals surface area contributed by atoms with Crippen LogP contribution >= 0.6 is 0 Å². The van der Waals surface area contributed by atoms with E-state index in [1.807, 2.05) is 45.0 Å². The van der Waals surface area contributed by atoms with E-state index in [-0.39, 0.29) is 29.0 Å². The predicted octanol–water partition coefficient (Wildman–Crippen LogP) is 4.52. The summed E-state index contributed by atoms with van der Waals surface area (Å²) in [6.45, 7) is 7.53. The van der Waals surface area contributed by atoms with Gasteiger partial charge in [0.25, 0.3) is 10.0 Å². The molecule has 0 saturated heterocycles. The molecule has 0 aliphatic carbocycles. The van der Waals surface area contributed by atoms with Gasteiger partial charge in [-0.3, -0.25) is 13.9 Å². The van der Waals surface area contributed by atoms with Crippen molar-refractivity contribution in [3.8, 4) is 0 Å². The van der Waals surface area contributed by atoms with E-state index in [4.69, 9.17) is 0 Å². The number of benzene rings is 3. The highest BCUT2D eigenvalue weighted by Crippen LogP contribution is 2.24. The summed E-state index contributed by atoms with van der Waals surface area (Å²) in [7, 11) is -4.23. The zero-order chi connectivity index (χ0) is 27.9. The Balaban J connectivity index is 1.98. The Morgan fingerprint density at radius 1 is 0.921 bits per heavy atom. The van der Waals surface area contributed by atoms with E-state index in [0.717, 1.165) is 39.7 Å². The van der Waals surface area contributed by atoms with Crippen LogP contribution in [0.4, 0.5) is 10.1 Å². The molecule has 1 N–H and O–H groups in total. The third-order valence-electron chi connectivity index (χ3n) is 6.01. The number of para-hydroxylation sites is 1. The molecule has 1 atom stereocenters. The monoisotopic (exact) mass is 539 g/mol. The minimum Gasteiger partial charge on any atom is -0.354 e. The van der Waals surface area contributed by atoms with Crippen molar-refractivity contribution in [3.05, 3.63) is 95.8 Å². The lowest BCUT2D eigenvalue weighted by molar-refractivity contribution is -0.139. The smallest absolute Gasteiger partial charge is 0.264 e. The van der Waals surface area contributed by atoms with Gasteiger partial charge in [0.1, 0.15) is 18.4 Å². The van der Waals surface area contributed by atoms with Crippen LogP contribution in [0.5, 0.6) is 0 Å². The lowest BCUT2D eigenvalue weighted by Gasteiger charge is -2.32. The van der Waals surface area contributed by atoms with Gasteiger partial charge in [-0.15, -0.1) is 0 Å². The molecule has 1 unspecified atom stereocenters. The number of carbonyl (C=O) groups excluding carboxylic acids is 2. The molecule has 3 aromatic rings. The Hall–Kier alpha value is -3.72. The topological polar surface area (TPSA) is 86.8 Å². The third-order valence-corrected chi connectivity index (χ3v) is 7.80. The van der Waals surface area contributed by atoms with E-state index in [9.17, 15) is 22.4 Å². The number of hydrogen-bond acceptors (Lipinski definition) is 4. The molecule has 202 valence electrons. The van der Waals surface area contributed by atoms with E-state index in [0.29, 0.717) is 6.54 Å². The first-order valence-corrected chi connectivity index (χ1v) is 13.9. The van der Waals surface area contributed by atoms with E-state index in [1.165, 1.54) is 4.90 Å². The van der Waals surface area contributed by atoms with Crippen molar-refractivity contribution in [2.75, 3.05) is 17.4 Å². The molecule has 0 aliphatic rings. The van der Waals surface area contributed by atoms with Crippen LogP contribution in [0.2, 0.25) is 0 Å². The zero-order valence-corrected chi connectivity index (χ0v) is 22.9. The van der Waals surface area contributed by atoms with Gasteiger partial charge in [0.05, 0.1) is 10.6 Å². The van der Waals surface area contributed by atoms with Crippen molar-refractivity contribution in [2.24, 2.45) is 5.92 Å². The van der Waals surface area contributed by atoms with Gasteiger partial charge in [-0.1, -0.05) is 61.9 Å². The molecule has 0 saturated carbocycles. The molecule has 0 bridgehead atoms. The molecule has 3 aromatic carbocycles. The molecule has 0 radical (unpaired) electrons. The van der Waals surface area contributed by atoms with Crippen LogP contribution in [0.3, 0.4) is 0 Å². The van der Waals surface area contributed by atoms with Crippen molar-refractivity contribution in [1.29, 1.82) is 0 Å². The van der Waals surface area contributed by atoms with Crippen LogP contribution < -0.4 is 9.62 Å². The molecule has 2 amide bonds. The first kappa shape index (κ1) is 28.8. The van der Waals surface area contributed by atoms with Crippen LogP contribution in [0, 0.1) is 18.7 Å². The second-order valence-corrected chi connectivity index (χ2v) is 11.5. The lowest BCUT2D eigenvalue weighted by Crippen LogP contribution is -2.51. The summed E-state index contributed by atoms with van der Waals surface area (Å²) in [4.78, 5) is 28.0. The normalized spacial score (nSPS) is 12.2. The first-order chi connectivity index (χ1) is 18.0. The summed E-state index contributed by atoms with van der Waals surface area (Å²) >= 11 is 0. The minimum atomic E-state index is -4.23. The molecule has 0 aromatic heterocycles. The van der Waals surface area contributed by atoms with Crippen LogP contribution in [-0.4, -0.2) is 44.3 Å². The summed E-state index contributed by atoms with van der Waals surface area (Å²) in [6.07, 6.45) is 0. The number of carbonyl (C=O) groups is 2. The van der Waals surface area contributed by atoms with E-state index in [1.54, 1.807) is 37.3 Å². The maximum absolute atomic E-state index is 13.8. The van der Waals surface area contributed by atoms with Gasteiger partial charge in [0.2, 0.25) is 11.8 Å². The second kappa shape index (κ2) is 12.7. The van der Waals surface area contributed by atoms with Crippen LogP contribution in [0.1, 0.15) is 31.9 Å². The van der Waals surface area contributed by atoms with E-state index >= 15 is 0 Å². The summed E-state index contributed by atoms with van der Waals surface area (Å²) in [6, 6.07) is 19.4. The Labute approximate surface area is 224 Å². The number of nitrogens with one attached hydrogen (secondary N) is 1. The summed E-state index contributed by atoms with van der Waals surface area (Å²) in [5, 5.41) is 2.86. The number of nitrogens with zero attached hydrogens (tertiary/aromatic N) is 2. The number of hydrogen-bond donors (Lipinski definition) is 1. The minimum absolute atomic E-state index is 0.121. The fraction of sp³-hybridized carbons (Fsp3) is 0.310. The summed E-state index contributed by atoms with van der Waals surface area (Å²) in [5.74, 6) is -1.22. The molecule has 0 spiro atoms.